The Balaban J connectivity index is 1.31. The SMILES string of the molecule is CCC(C)[C@@H](C(=O)NCC[C@@H](NC(=O)[C@@H]1CCCN1S(=O)(=O)c1ccccc1)C(=O)O)N(C)C(=O)Cc1ccc(NC(=O)Nc2ccccc2C)cc1. The number of amides is 5. The molecule has 5 amide bonds. The Morgan fingerprint density at radius 3 is 2.25 bits per heavy atom. The maximum atomic E-state index is 13.5. The first kappa shape index (κ1) is 40.5. The van der Waals surface area contributed by atoms with Crippen LogP contribution in [0.15, 0.2) is 83.8 Å². The highest BCUT2D eigenvalue weighted by Gasteiger charge is 2.40. The van der Waals surface area contributed by atoms with Crippen LogP contribution in [-0.4, -0.2) is 90.7 Å². The number of aryl methyl sites for hydroxylation is 1. The number of para-hydroxylation sites is 1. The van der Waals surface area contributed by atoms with Crippen LogP contribution in [0, 0.1) is 12.8 Å². The summed E-state index contributed by atoms with van der Waals surface area (Å²) < 4.78 is 27.5. The zero-order chi connectivity index (χ0) is 38.7. The average molecular weight is 749 g/mol. The Morgan fingerprint density at radius 2 is 1.60 bits per heavy atom. The third-order valence-corrected chi connectivity index (χ3v) is 11.3. The molecule has 0 saturated carbocycles. The van der Waals surface area contributed by atoms with Crippen LogP contribution in [0.4, 0.5) is 16.2 Å². The van der Waals surface area contributed by atoms with Gasteiger partial charge in [0.25, 0.3) is 0 Å². The van der Waals surface area contributed by atoms with Gasteiger partial charge in [-0.1, -0.05) is 68.8 Å². The molecular formula is C38H48N6O8S. The van der Waals surface area contributed by atoms with Gasteiger partial charge < -0.3 is 31.3 Å². The summed E-state index contributed by atoms with van der Waals surface area (Å²) in [4.78, 5) is 66.0. The quantitative estimate of drug-likeness (QED) is 0.145. The predicted octanol–water partition coefficient (Wildman–Crippen LogP) is 3.98. The summed E-state index contributed by atoms with van der Waals surface area (Å²) >= 11 is 0. The van der Waals surface area contributed by atoms with E-state index < -0.39 is 52.0 Å². The highest BCUT2D eigenvalue weighted by Crippen LogP contribution is 2.26. The molecule has 1 aliphatic rings. The number of sulfonamides is 1. The summed E-state index contributed by atoms with van der Waals surface area (Å²) in [5.41, 5.74) is 2.82. The first-order valence-electron chi connectivity index (χ1n) is 17.6. The van der Waals surface area contributed by atoms with Gasteiger partial charge in [0.1, 0.15) is 18.1 Å². The standard InChI is InChI=1S/C38H48N6O8S/c1-5-25(2)34(43(4)33(45)24-27-17-19-28(20-18-27)40-38(50)42-30-15-10-9-12-26(30)3)36(47)39-22-21-31(37(48)49)41-35(46)32-16-11-23-44(32)53(51,52)29-13-7-6-8-14-29/h6-10,12-15,17-20,25,31-32,34H,5,11,16,21-24H2,1-4H3,(H,39,47)(H,41,46)(H,48,49)(H2,40,42,50)/t25?,31-,32+,34+/m1/s1. The Bertz CT molecular complexity index is 1870. The van der Waals surface area contributed by atoms with Crippen LogP contribution in [0.3, 0.4) is 0 Å². The van der Waals surface area contributed by atoms with Crippen molar-refractivity contribution in [3.8, 4) is 0 Å². The number of nitrogens with one attached hydrogen (secondary N) is 4. The van der Waals surface area contributed by atoms with Crippen molar-refractivity contribution in [2.45, 2.75) is 75.9 Å². The van der Waals surface area contributed by atoms with Crippen LogP contribution in [-0.2, 0) is 35.6 Å². The van der Waals surface area contributed by atoms with Gasteiger partial charge in [0.05, 0.1) is 11.3 Å². The minimum atomic E-state index is -3.97. The third kappa shape index (κ3) is 10.6. The molecule has 1 heterocycles. The van der Waals surface area contributed by atoms with E-state index in [1.165, 1.54) is 17.0 Å². The number of nitrogens with zero attached hydrogens (tertiary/aromatic N) is 2. The van der Waals surface area contributed by atoms with Gasteiger partial charge in [0.2, 0.25) is 27.7 Å². The summed E-state index contributed by atoms with van der Waals surface area (Å²) in [6.07, 6.45) is 1.09. The minimum Gasteiger partial charge on any atom is -0.480 e. The van der Waals surface area contributed by atoms with Crippen molar-refractivity contribution >= 4 is 51.1 Å². The molecule has 0 spiro atoms. The highest BCUT2D eigenvalue weighted by atomic mass is 32.2. The van der Waals surface area contributed by atoms with Gasteiger partial charge >= 0.3 is 12.0 Å². The van der Waals surface area contributed by atoms with Gasteiger partial charge in [0, 0.05) is 31.5 Å². The van der Waals surface area contributed by atoms with E-state index >= 15 is 0 Å². The molecule has 1 saturated heterocycles. The number of anilines is 2. The number of rotatable bonds is 16. The predicted molar refractivity (Wildman–Crippen MR) is 201 cm³/mol. The number of carbonyl (C=O) groups excluding carboxylic acids is 4. The summed E-state index contributed by atoms with van der Waals surface area (Å²) in [5.74, 6) is -3.08. The molecule has 1 fully saturated rings. The number of carboxylic acid groups (broad SMARTS) is 1. The van der Waals surface area contributed by atoms with Crippen molar-refractivity contribution in [1.82, 2.24) is 19.8 Å². The van der Waals surface area contributed by atoms with Crippen LogP contribution < -0.4 is 21.3 Å². The zero-order valence-electron chi connectivity index (χ0n) is 30.4. The Labute approximate surface area is 310 Å². The maximum Gasteiger partial charge on any atom is 0.326 e. The highest BCUT2D eigenvalue weighted by molar-refractivity contribution is 7.89. The van der Waals surface area contributed by atoms with E-state index in [-0.39, 0.29) is 49.1 Å². The number of urea groups is 1. The summed E-state index contributed by atoms with van der Waals surface area (Å²) in [6.45, 7) is 5.63. The number of carbonyl (C=O) groups is 5. The molecule has 0 aromatic heterocycles. The summed E-state index contributed by atoms with van der Waals surface area (Å²) in [7, 11) is -2.43. The second kappa shape index (κ2) is 18.5. The number of hydrogen-bond donors (Lipinski definition) is 5. The van der Waals surface area contributed by atoms with Crippen molar-refractivity contribution in [2.75, 3.05) is 30.8 Å². The molecule has 0 bridgehead atoms. The normalized spacial score (nSPS) is 16.1. The number of benzene rings is 3. The van der Waals surface area contributed by atoms with Crippen molar-refractivity contribution in [2.24, 2.45) is 5.92 Å². The largest absolute Gasteiger partial charge is 0.480 e. The molecule has 4 rings (SSSR count). The Kier molecular flexibility index (Phi) is 14.1. The van der Waals surface area contributed by atoms with Gasteiger partial charge in [0.15, 0.2) is 0 Å². The molecule has 14 nitrogen and oxygen atoms in total. The molecule has 15 heteroatoms. The van der Waals surface area contributed by atoms with E-state index in [1.54, 1.807) is 55.6 Å². The lowest BCUT2D eigenvalue weighted by Crippen LogP contribution is -2.53. The van der Waals surface area contributed by atoms with Crippen LogP contribution in [0.1, 0.15) is 50.7 Å². The third-order valence-electron chi connectivity index (χ3n) is 9.43. The van der Waals surface area contributed by atoms with Crippen molar-refractivity contribution in [1.29, 1.82) is 0 Å². The van der Waals surface area contributed by atoms with Gasteiger partial charge in [-0.15, -0.1) is 0 Å². The Morgan fingerprint density at radius 1 is 0.943 bits per heavy atom. The monoisotopic (exact) mass is 748 g/mol. The lowest BCUT2D eigenvalue weighted by Gasteiger charge is -2.32. The number of hydrogen-bond acceptors (Lipinski definition) is 7. The number of likely N-dealkylation sites (N-methyl/N-ethyl adjacent to an activating group) is 1. The molecular weight excluding hydrogens is 701 g/mol. The molecule has 1 aliphatic heterocycles. The molecule has 3 aromatic rings. The van der Waals surface area contributed by atoms with E-state index in [1.807, 2.05) is 39.0 Å². The Hall–Kier alpha value is -5.28. The minimum absolute atomic E-state index is 0.00228. The zero-order valence-corrected chi connectivity index (χ0v) is 31.2. The second-order valence-corrected chi connectivity index (χ2v) is 15.1. The first-order chi connectivity index (χ1) is 25.2. The molecule has 3 aromatic carbocycles. The molecule has 0 aliphatic carbocycles. The van der Waals surface area contributed by atoms with E-state index in [2.05, 4.69) is 21.3 Å². The smallest absolute Gasteiger partial charge is 0.326 e. The lowest BCUT2D eigenvalue weighted by molar-refractivity contribution is -0.142. The topological polar surface area (TPSA) is 194 Å². The van der Waals surface area contributed by atoms with Gasteiger partial charge in [-0.3, -0.25) is 14.4 Å². The molecule has 0 radical (unpaired) electrons. The number of aliphatic carboxylic acids is 1. The fraction of sp³-hybridized carbons (Fsp3) is 0.395. The van der Waals surface area contributed by atoms with Crippen molar-refractivity contribution < 1.29 is 37.5 Å². The molecule has 1 unspecified atom stereocenters. The van der Waals surface area contributed by atoms with Gasteiger partial charge in [-0.2, -0.15) is 4.31 Å². The average Bonchev–Trinajstić information content (AvgIpc) is 3.65. The number of carboxylic acids is 1. The second-order valence-electron chi connectivity index (χ2n) is 13.2. The van der Waals surface area contributed by atoms with Crippen molar-refractivity contribution in [3.05, 3.63) is 90.0 Å². The van der Waals surface area contributed by atoms with E-state index in [4.69, 9.17) is 0 Å². The molecule has 5 N–H and O–H groups in total. The van der Waals surface area contributed by atoms with E-state index in [0.717, 1.165) is 9.87 Å². The van der Waals surface area contributed by atoms with Crippen LogP contribution >= 0.6 is 0 Å². The van der Waals surface area contributed by atoms with Gasteiger partial charge in [-0.05, 0) is 73.6 Å². The summed E-state index contributed by atoms with van der Waals surface area (Å²) in [5, 5.41) is 20.6. The lowest BCUT2D eigenvalue weighted by atomic mass is 9.96. The van der Waals surface area contributed by atoms with Crippen LogP contribution in [0.2, 0.25) is 0 Å². The van der Waals surface area contributed by atoms with E-state index in [0.29, 0.717) is 29.8 Å². The molecule has 4 atom stereocenters. The van der Waals surface area contributed by atoms with Gasteiger partial charge in [-0.25, -0.2) is 18.0 Å². The first-order valence-corrected chi connectivity index (χ1v) is 19.0. The summed E-state index contributed by atoms with van der Waals surface area (Å²) in [6, 6.07) is 18.2. The maximum absolute atomic E-state index is 13.5. The molecule has 53 heavy (non-hydrogen) atoms. The van der Waals surface area contributed by atoms with Crippen LogP contribution in [0.5, 0.6) is 0 Å². The molecule has 284 valence electrons. The fourth-order valence-corrected chi connectivity index (χ4v) is 7.86. The van der Waals surface area contributed by atoms with Crippen molar-refractivity contribution in [3.63, 3.8) is 0 Å². The van der Waals surface area contributed by atoms with E-state index in [9.17, 15) is 37.5 Å². The van der Waals surface area contributed by atoms with Crippen LogP contribution in [0.25, 0.3) is 0 Å². The fourth-order valence-electron chi connectivity index (χ4n) is 6.18.